The Morgan fingerprint density at radius 1 is 1.58 bits per heavy atom. The molecule has 19 heavy (non-hydrogen) atoms. The molecule has 0 aromatic heterocycles. The highest BCUT2D eigenvalue weighted by atomic mass is 16.5. The SMILES string of the molecule is C=CCNC(=NCC(C)N1CCOCC1C)NCC. The van der Waals surface area contributed by atoms with Gasteiger partial charge in [0, 0.05) is 31.7 Å². The summed E-state index contributed by atoms with van der Waals surface area (Å²) in [5, 5.41) is 6.45. The first-order chi connectivity index (χ1) is 9.19. The number of morpholine rings is 1. The molecule has 5 heteroatoms. The molecule has 2 N–H and O–H groups in total. The summed E-state index contributed by atoms with van der Waals surface area (Å²) in [5.74, 6) is 0.857. The fourth-order valence-corrected chi connectivity index (χ4v) is 2.23. The Balaban J connectivity index is 2.47. The lowest BCUT2D eigenvalue weighted by Gasteiger charge is -2.37. The molecule has 2 atom stereocenters. The second-order valence-corrected chi connectivity index (χ2v) is 4.90. The van der Waals surface area contributed by atoms with Gasteiger partial charge in [-0.3, -0.25) is 9.89 Å². The maximum Gasteiger partial charge on any atom is 0.191 e. The van der Waals surface area contributed by atoms with Crippen molar-refractivity contribution in [3.05, 3.63) is 12.7 Å². The van der Waals surface area contributed by atoms with Crippen LogP contribution in [0.2, 0.25) is 0 Å². The summed E-state index contributed by atoms with van der Waals surface area (Å²) in [6.07, 6.45) is 1.83. The highest BCUT2D eigenvalue weighted by molar-refractivity contribution is 5.79. The standard InChI is InChI=1S/C14H28N4O/c1-5-7-16-14(15-6-2)17-10-12(3)18-8-9-19-11-13(18)4/h5,12-13H,1,6-11H2,2-4H3,(H2,15,16,17). The maximum absolute atomic E-state index is 5.47. The molecule has 0 bridgehead atoms. The summed E-state index contributed by atoms with van der Waals surface area (Å²) in [5.41, 5.74) is 0. The van der Waals surface area contributed by atoms with Crippen molar-refractivity contribution in [2.45, 2.75) is 32.9 Å². The van der Waals surface area contributed by atoms with Crippen LogP contribution in [0.15, 0.2) is 17.6 Å². The minimum Gasteiger partial charge on any atom is -0.379 e. The third kappa shape index (κ3) is 5.61. The number of hydrogen-bond acceptors (Lipinski definition) is 3. The van der Waals surface area contributed by atoms with Crippen molar-refractivity contribution in [3.8, 4) is 0 Å². The van der Waals surface area contributed by atoms with Gasteiger partial charge in [0.15, 0.2) is 5.96 Å². The molecule has 1 fully saturated rings. The van der Waals surface area contributed by atoms with Gasteiger partial charge in [0.2, 0.25) is 0 Å². The van der Waals surface area contributed by atoms with E-state index in [9.17, 15) is 0 Å². The van der Waals surface area contributed by atoms with Crippen LogP contribution in [-0.2, 0) is 4.74 Å². The van der Waals surface area contributed by atoms with E-state index in [0.29, 0.717) is 12.1 Å². The Labute approximate surface area is 117 Å². The highest BCUT2D eigenvalue weighted by Crippen LogP contribution is 2.10. The first kappa shape index (κ1) is 16.0. The number of aliphatic imine (C=N–C) groups is 1. The van der Waals surface area contributed by atoms with E-state index in [1.807, 2.05) is 6.08 Å². The van der Waals surface area contributed by atoms with Crippen LogP contribution in [-0.4, -0.2) is 62.3 Å². The normalized spacial score (nSPS) is 22.9. The Hall–Kier alpha value is -1.07. The van der Waals surface area contributed by atoms with Crippen LogP contribution < -0.4 is 10.6 Å². The van der Waals surface area contributed by atoms with Crippen LogP contribution in [0.5, 0.6) is 0 Å². The average molecular weight is 268 g/mol. The van der Waals surface area contributed by atoms with Crippen molar-refractivity contribution in [2.75, 3.05) is 39.4 Å². The maximum atomic E-state index is 5.47. The minimum atomic E-state index is 0.429. The molecule has 5 nitrogen and oxygen atoms in total. The second-order valence-electron chi connectivity index (χ2n) is 4.90. The Morgan fingerprint density at radius 3 is 3.00 bits per heavy atom. The van der Waals surface area contributed by atoms with Gasteiger partial charge in [-0.05, 0) is 20.8 Å². The third-order valence-electron chi connectivity index (χ3n) is 3.26. The van der Waals surface area contributed by atoms with Gasteiger partial charge >= 0.3 is 0 Å². The van der Waals surface area contributed by atoms with Crippen molar-refractivity contribution >= 4 is 5.96 Å². The van der Waals surface area contributed by atoms with Crippen molar-refractivity contribution in [3.63, 3.8) is 0 Å². The minimum absolute atomic E-state index is 0.429. The Bertz CT molecular complexity index is 293. The molecular formula is C14H28N4O. The van der Waals surface area contributed by atoms with Crippen LogP contribution in [0.25, 0.3) is 0 Å². The van der Waals surface area contributed by atoms with E-state index in [-0.39, 0.29) is 0 Å². The number of hydrogen-bond donors (Lipinski definition) is 2. The van der Waals surface area contributed by atoms with Gasteiger partial charge in [-0.15, -0.1) is 6.58 Å². The van der Waals surface area contributed by atoms with Crippen molar-refractivity contribution in [2.24, 2.45) is 4.99 Å². The summed E-state index contributed by atoms with van der Waals surface area (Å²) in [6.45, 7) is 15.2. The lowest BCUT2D eigenvalue weighted by Crippen LogP contribution is -2.49. The zero-order valence-electron chi connectivity index (χ0n) is 12.5. The third-order valence-corrected chi connectivity index (χ3v) is 3.26. The van der Waals surface area contributed by atoms with Crippen molar-refractivity contribution in [1.82, 2.24) is 15.5 Å². The quantitative estimate of drug-likeness (QED) is 0.426. The van der Waals surface area contributed by atoms with E-state index in [1.165, 1.54) is 0 Å². The molecule has 0 radical (unpaired) electrons. The number of guanidine groups is 1. The van der Waals surface area contributed by atoms with Crippen LogP contribution >= 0.6 is 0 Å². The lowest BCUT2D eigenvalue weighted by atomic mass is 10.2. The van der Waals surface area contributed by atoms with Gasteiger partial charge in [-0.2, -0.15) is 0 Å². The lowest BCUT2D eigenvalue weighted by molar-refractivity contribution is -0.0165. The fourth-order valence-electron chi connectivity index (χ4n) is 2.23. The van der Waals surface area contributed by atoms with Crippen LogP contribution in [0.3, 0.4) is 0 Å². The average Bonchev–Trinajstić information content (AvgIpc) is 2.42. The number of nitrogens with zero attached hydrogens (tertiary/aromatic N) is 2. The Morgan fingerprint density at radius 2 is 2.37 bits per heavy atom. The zero-order chi connectivity index (χ0) is 14.1. The molecule has 110 valence electrons. The predicted octanol–water partition coefficient (Wildman–Crippen LogP) is 0.837. The van der Waals surface area contributed by atoms with Crippen molar-refractivity contribution in [1.29, 1.82) is 0 Å². The van der Waals surface area contributed by atoms with Crippen molar-refractivity contribution < 1.29 is 4.74 Å². The van der Waals surface area contributed by atoms with Gasteiger partial charge in [0.05, 0.1) is 19.8 Å². The van der Waals surface area contributed by atoms with E-state index in [2.05, 4.69) is 47.9 Å². The van der Waals surface area contributed by atoms with E-state index in [4.69, 9.17) is 4.74 Å². The molecule has 1 aliphatic rings. The first-order valence-electron chi connectivity index (χ1n) is 7.15. The zero-order valence-corrected chi connectivity index (χ0v) is 12.5. The molecule has 0 aromatic carbocycles. The second kappa shape index (κ2) is 8.93. The van der Waals surface area contributed by atoms with Crippen LogP contribution in [0, 0.1) is 0 Å². The van der Waals surface area contributed by atoms with Gasteiger partial charge in [-0.25, -0.2) is 0 Å². The van der Waals surface area contributed by atoms with Gasteiger partial charge in [-0.1, -0.05) is 6.08 Å². The molecule has 0 spiro atoms. The molecule has 2 unspecified atom stereocenters. The molecule has 0 saturated carbocycles. The predicted molar refractivity (Wildman–Crippen MR) is 80.6 cm³/mol. The monoisotopic (exact) mass is 268 g/mol. The molecule has 1 saturated heterocycles. The highest BCUT2D eigenvalue weighted by Gasteiger charge is 2.23. The molecule has 0 amide bonds. The topological polar surface area (TPSA) is 48.9 Å². The van der Waals surface area contributed by atoms with Crippen LogP contribution in [0.1, 0.15) is 20.8 Å². The first-order valence-corrected chi connectivity index (χ1v) is 7.15. The fraction of sp³-hybridized carbons (Fsp3) is 0.786. The largest absolute Gasteiger partial charge is 0.379 e. The van der Waals surface area contributed by atoms with E-state index in [1.54, 1.807) is 0 Å². The summed E-state index contributed by atoms with van der Waals surface area (Å²) in [7, 11) is 0. The summed E-state index contributed by atoms with van der Waals surface area (Å²) >= 11 is 0. The Kier molecular flexibility index (Phi) is 7.52. The smallest absolute Gasteiger partial charge is 0.191 e. The number of rotatable bonds is 6. The van der Waals surface area contributed by atoms with Gasteiger partial charge < -0.3 is 15.4 Å². The summed E-state index contributed by atoms with van der Waals surface area (Å²) < 4.78 is 5.47. The van der Waals surface area contributed by atoms with E-state index in [0.717, 1.165) is 45.4 Å². The summed E-state index contributed by atoms with van der Waals surface area (Å²) in [6, 6.07) is 0.903. The molecule has 0 aliphatic carbocycles. The number of nitrogens with one attached hydrogen (secondary N) is 2. The van der Waals surface area contributed by atoms with E-state index < -0.39 is 0 Å². The van der Waals surface area contributed by atoms with Gasteiger partial charge in [0.25, 0.3) is 0 Å². The van der Waals surface area contributed by atoms with E-state index >= 15 is 0 Å². The molecular weight excluding hydrogens is 240 g/mol. The molecule has 1 aliphatic heterocycles. The molecule has 1 heterocycles. The molecule has 0 aromatic rings. The molecule has 1 rings (SSSR count). The van der Waals surface area contributed by atoms with Gasteiger partial charge in [0.1, 0.15) is 0 Å². The van der Waals surface area contributed by atoms with Crippen LogP contribution in [0.4, 0.5) is 0 Å². The summed E-state index contributed by atoms with van der Waals surface area (Å²) in [4.78, 5) is 7.09. The number of ether oxygens (including phenoxy) is 1.